The number of amides is 1. The zero-order valence-corrected chi connectivity index (χ0v) is 17.9. The van der Waals surface area contributed by atoms with Crippen molar-refractivity contribution in [1.82, 2.24) is 14.8 Å². The van der Waals surface area contributed by atoms with Gasteiger partial charge in [0.15, 0.2) is 5.58 Å². The minimum absolute atomic E-state index is 0.0637. The number of carbonyl (C=O) groups excluding carboxylic acids is 1. The molecule has 1 atom stereocenters. The predicted octanol–water partition coefficient (Wildman–Crippen LogP) is 4.67. The quantitative estimate of drug-likeness (QED) is 0.592. The molecule has 6 heteroatoms. The van der Waals surface area contributed by atoms with E-state index in [-0.39, 0.29) is 5.91 Å². The molecule has 1 unspecified atom stereocenters. The van der Waals surface area contributed by atoms with Crippen LogP contribution in [0, 0.1) is 5.92 Å². The molecule has 3 aromatic rings. The molecule has 2 aromatic carbocycles. The number of piperazine rings is 1. The number of oxazole rings is 1. The number of hydrogen-bond acceptors (Lipinski definition) is 4. The zero-order chi connectivity index (χ0) is 19.8. The highest BCUT2D eigenvalue weighted by Gasteiger charge is 2.29. The van der Waals surface area contributed by atoms with Crippen molar-refractivity contribution >= 4 is 32.9 Å². The minimum Gasteiger partial charge on any atom is -0.436 e. The maximum absolute atomic E-state index is 13.1. The van der Waals surface area contributed by atoms with Gasteiger partial charge in [0.2, 0.25) is 5.89 Å². The van der Waals surface area contributed by atoms with E-state index in [0.717, 1.165) is 29.7 Å². The molecule has 1 fully saturated rings. The molecule has 5 nitrogen and oxygen atoms in total. The van der Waals surface area contributed by atoms with Crippen molar-refractivity contribution in [2.45, 2.75) is 19.9 Å². The number of aromatic nitrogens is 1. The minimum atomic E-state index is 0.0637. The van der Waals surface area contributed by atoms with Crippen LogP contribution in [0.3, 0.4) is 0 Å². The van der Waals surface area contributed by atoms with E-state index in [4.69, 9.17) is 4.42 Å². The lowest BCUT2D eigenvalue weighted by molar-refractivity contribution is 0.0465. The maximum Gasteiger partial charge on any atom is 0.254 e. The van der Waals surface area contributed by atoms with E-state index in [2.05, 4.69) is 46.7 Å². The number of fused-ring (bicyclic) bond motifs is 1. The third-order valence-electron chi connectivity index (χ3n) is 5.48. The Morgan fingerprint density at radius 2 is 1.93 bits per heavy atom. The normalized spacial score (nSPS) is 18.2. The summed E-state index contributed by atoms with van der Waals surface area (Å²) in [4.78, 5) is 22.0. The summed E-state index contributed by atoms with van der Waals surface area (Å²) in [5.41, 5.74) is 2.97. The van der Waals surface area contributed by atoms with Crippen molar-refractivity contribution < 1.29 is 9.21 Å². The van der Waals surface area contributed by atoms with Gasteiger partial charge in [-0.2, -0.15) is 0 Å². The summed E-state index contributed by atoms with van der Waals surface area (Å²) in [6.45, 7) is 6.82. The molecule has 4 rings (SSSR count). The number of likely N-dealkylation sites (N-methyl/N-ethyl adjacent to an activating group) is 1. The number of carbonyl (C=O) groups is 1. The van der Waals surface area contributed by atoms with Crippen LogP contribution in [0.15, 0.2) is 51.4 Å². The number of nitrogens with zero attached hydrogens (tertiary/aromatic N) is 3. The van der Waals surface area contributed by atoms with Crippen molar-refractivity contribution in [3.8, 4) is 11.5 Å². The van der Waals surface area contributed by atoms with Crippen LogP contribution in [0.2, 0.25) is 0 Å². The SMILES string of the molecule is CC(C)C1CN(C(=O)c2ccc3oc(-c4ccc(Br)cc4)nc3c2)CCN1C. The van der Waals surface area contributed by atoms with Gasteiger partial charge in [-0.05, 0) is 55.4 Å². The Balaban J connectivity index is 1.59. The van der Waals surface area contributed by atoms with E-state index in [1.165, 1.54) is 0 Å². The largest absolute Gasteiger partial charge is 0.436 e. The Morgan fingerprint density at radius 1 is 1.18 bits per heavy atom. The lowest BCUT2D eigenvalue weighted by atomic mass is 9.99. The molecule has 0 spiro atoms. The first kappa shape index (κ1) is 19.2. The lowest BCUT2D eigenvalue weighted by Crippen LogP contribution is -2.55. The van der Waals surface area contributed by atoms with Gasteiger partial charge in [-0.15, -0.1) is 0 Å². The van der Waals surface area contributed by atoms with Crippen molar-refractivity contribution in [2.75, 3.05) is 26.7 Å². The lowest BCUT2D eigenvalue weighted by Gasteiger charge is -2.41. The fourth-order valence-electron chi connectivity index (χ4n) is 3.76. The van der Waals surface area contributed by atoms with Gasteiger partial charge in [0, 0.05) is 41.3 Å². The van der Waals surface area contributed by atoms with Crippen molar-refractivity contribution in [2.24, 2.45) is 5.92 Å². The van der Waals surface area contributed by atoms with Crippen LogP contribution in [0.1, 0.15) is 24.2 Å². The highest BCUT2D eigenvalue weighted by molar-refractivity contribution is 9.10. The molecule has 0 N–H and O–H groups in total. The summed E-state index contributed by atoms with van der Waals surface area (Å²) >= 11 is 3.44. The average molecular weight is 442 g/mol. The predicted molar refractivity (Wildman–Crippen MR) is 114 cm³/mol. The number of hydrogen-bond donors (Lipinski definition) is 0. The third-order valence-corrected chi connectivity index (χ3v) is 6.01. The number of benzene rings is 2. The first-order chi connectivity index (χ1) is 13.4. The Bertz CT molecular complexity index is 997. The fourth-order valence-corrected chi connectivity index (χ4v) is 4.03. The molecule has 0 saturated carbocycles. The number of halogens is 1. The van der Waals surface area contributed by atoms with E-state index in [0.29, 0.717) is 34.5 Å². The smallest absolute Gasteiger partial charge is 0.254 e. The molecule has 1 aliphatic heterocycles. The molecule has 1 aromatic heterocycles. The molecule has 1 aliphatic rings. The second kappa shape index (κ2) is 7.68. The first-order valence-corrected chi connectivity index (χ1v) is 10.4. The summed E-state index contributed by atoms with van der Waals surface area (Å²) < 4.78 is 6.89. The van der Waals surface area contributed by atoms with Crippen LogP contribution in [0.4, 0.5) is 0 Å². The second-order valence-electron chi connectivity index (χ2n) is 7.75. The van der Waals surface area contributed by atoms with Crippen LogP contribution in [-0.4, -0.2) is 53.4 Å². The molecule has 0 aliphatic carbocycles. The van der Waals surface area contributed by atoms with Crippen molar-refractivity contribution in [3.63, 3.8) is 0 Å². The van der Waals surface area contributed by atoms with Crippen LogP contribution in [0.25, 0.3) is 22.6 Å². The van der Waals surface area contributed by atoms with E-state index in [9.17, 15) is 4.79 Å². The van der Waals surface area contributed by atoms with Crippen molar-refractivity contribution in [3.05, 3.63) is 52.5 Å². The molecular weight excluding hydrogens is 418 g/mol. The van der Waals surface area contributed by atoms with Crippen LogP contribution in [0.5, 0.6) is 0 Å². The second-order valence-corrected chi connectivity index (χ2v) is 8.67. The Labute approximate surface area is 173 Å². The van der Waals surface area contributed by atoms with Gasteiger partial charge in [0.1, 0.15) is 5.52 Å². The van der Waals surface area contributed by atoms with Gasteiger partial charge in [0.05, 0.1) is 0 Å². The Morgan fingerprint density at radius 3 is 2.64 bits per heavy atom. The monoisotopic (exact) mass is 441 g/mol. The third kappa shape index (κ3) is 3.71. The standard InChI is InChI=1S/C22H24BrN3O2/c1-14(2)19-13-26(11-10-25(19)3)22(27)16-6-9-20-18(12-16)24-21(28-20)15-4-7-17(23)8-5-15/h4-9,12,14,19H,10-11,13H2,1-3H3. The summed E-state index contributed by atoms with van der Waals surface area (Å²) in [5, 5.41) is 0. The number of rotatable bonds is 3. The van der Waals surface area contributed by atoms with Gasteiger partial charge >= 0.3 is 0 Å². The molecule has 146 valence electrons. The molecule has 2 heterocycles. The highest BCUT2D eigenvalue weighted by atomic mass is 79.9. The zero-order valence-electron chi connectivity index (χ0n) is 16.4. The summed E-state index contributed by atoms with van der Waals surface area (Å²) in [6.07, 6.45) is 0. The average Bonchev–Trinajstić information content (AvgIpc) is 3.11. The molecule has 1 amide bonds. The van der Waals surface area contributed by atoms with E-state index < -0.39 is 0 Å². The van der Waals surface area contributed by atoms with Crippen LogP contribution in [-0.2, 0) is 0 Å². The molecule has 0 bridgehead atoms. The van der Waals surface area contributed by atoms with Gasteiger partial charge in [-0.1, -0.05) is 29.8 Å². The van der Waals surface area contributed by atoms with E-state index >= 15 is 0 Å². The van der Waals surface area contributed by atoms with Crippen LogP contribution < -0.4 is 0 Å². The molecule has 28 heavy (non-hydrogen) atoms. The first-order valence-electron chi connectivity index (χ1n) is 9.58. The molecule has 0 radical (unpaired) electrons. The highest BCUT2D eigenvalue weighted by Crippen LogP contribution is 2.27. The van der Waals surface area contributed by atoms with Gasteiger partial charge in [0.25, 0.3) is 5.91 Å². The summed E-state index contributed by atoms with van der Waals surface area (Å²) in [7, 11) is 2.14. The van der Waals surface area contributed by atoms with Gasteiger partial charge in [-0.25, -0.2) is 4.98 Å². The Hall–Kier alpha value is -2.18. The molecular formula is C22H24BrN3O2. The summed E-state index contributed by atoms with van der Waals surface area (Å²) in [5.74, 6) is 1.13. The van der Waals surface area contributed by atoms with E-state index in [1.54, 1.807) is 0 Å². The summed E-state index contributed by atoms with van der Waals surface area (Å²) in [6, 6.07) is 13.7. The molecule has 1 saturated heterocycles. The van der Waals surface area contributed by atoms with E-state index in [1.807, 2.05) is 47.4 Å². The van der Waals surface area contributed by atoms with Crippen LogP contribution >= 0.6 is 15.9 Å². The van der Waals surface area contributed by atoms with Crippen molar-refractivity contribution in [1.29, 1.82) is 0 Å². The topological polar surface area (TPSA) is 49.6 Å². The Kier molecular flexibility index (Phi) is 5.25. The van der Waals surface area contributed by atoms with Gasteiger partial charge < -0.3 is 9.32 Å². The fraction of sp³-hybridized carbons (Fsp3) is 0.364. The maximum atomic E-state index is 13.1. The van der Waals surface area contributed by atoms with Gasteiger partial charge in [-0.3, -0.25) is 9.69 Å².